The van der Waals surface area contributed by atoms with Gasteiger partial charge in [-0.2, -0.15) is 0 Å². The normalized spacial score (nSPS) is 12.1. The van der Waals surface area contributed by atoms with Crippen molar-refractivity contribution in [3.8, 4) is 11.7 Å². The minimum Gasteiger partial charge on any atom is -0.418 e. The van der Waals surface area contributed by atoms with Gasteiger partial charge in [-0.3, -0.25) is 10.0 Å². The fourth-order valence-corrected chi connectivity index (χ4v) is 2.10. The van der Waals surface area contributed by atoms with Crippen LogP contribution >= 0.6 is 0 Å². The van der Waals surface area contributed by atoms with Crippen molar-refractivity contribution in [2.24, 2.45) is 0 Å². The Balaban J connectivity index is 2.12. The topological polar surface area (TPSA) is 105 Å². The molecule has 0 radical (unpaired) electrons. The maximum Gasteiger partial charge on any atom is 0.285 e. The van der Waals surface area contributed by atoms with E-state index in [1.165, 1.54) is 0 Å². The molecule has 0 spiro atoms. The summed E-state index contributed by atoms with van der Waals surface area (Å²) in [6.07, 6.45) is 7.38. The van der Waals surface area contributed by atoms with Crippen LogP contribution in [0.5, 0.6) is 0 Å². The van der Waals surface area contributed by atoms with Crippen molar-refractivity contribution in [3.05, 3.63) is 24.4 Å². The molecule has 0 aliphatic carbocycles. The smallest absolute Gasteiger partial charge is 0.285 e. The number of unbranched alkanes of at least 4 members (excludes halogenated alkanes) is 2. The fourth-order valence-electron chi connectivity index (χ4n) is 2.10. The number of carbonyl (C=O) groups excluding carboxylic acids is 1. The first-order chi connectivity index (χ1) is 10.7. The molecule has 2 aromatic heterocycles. The van der Waals surface area contributed by atoms with Gasteiger partial charge < -0.3 is 4.42 Å². The van der Waals surface area contributed by atoms with Crippen LogP contribution in [0.25, 0.3) is 11.7 Å². The highest BCUT2D eigenvalue weighted by Gasteiger charge is 2.22. The summed E-state index contributed by atoms with van der Waals surface area (Å²) in [5.74, 6) is 0.739. The molecule has 118 valence electrons. The molecule has 1 N–H and O–H groups in total. The SMILES string of the molecule is CCCCC[C@@H](CN(O)C=O)c1nnc(-c2ncccn2)o1. The van der Waals surface area contributed by atoms with Crippen molar-refractivity contribution in [1.29, 1.82) is 0 Å². The standard InChI is InChI=1S/C14H19N5O3/c1-2-3-4-6-11(9-19(21)10-20)13-17-18-14(22-13)12-15-7-5-8-16-12/h5,7-8,10-11,21H,2-4,6,9H2,1H3/t11-/m0/s1. The second-order valence-corrected chi connectivity index (χ2v) is 4.94. The van der Waals surface area contributed by atoms with Gasteiger partial charge in [-0.05, 0) is 12.5 Å². The Morgan fingerprint density at radius 1 is 1.32 bits per heavy atom. The van der Waals surface area contributed by atoms with Crippen LogP contribution in [0.15, 0.2) is 22.9 Å². The second-order valence-electron chi connectivity index (χ2n) is 4.94. The highest BCUT2D eigenvalue weighted by molar-refractivity contribution is 5.44. The van der Waals surface area contributed by atoms with E-state index in [1.807, 2.05) is 0 Å². The minimum absolute atomic E-state index is 0.116. The molecule has 22 heavy (non-hydrogen) atoms. The van der Waals surface area contributed by atoms with Crippen molar-refractivity contribution in [2.75, 3.05) is 6.54 Å². The highest BCUT2D eigenvalue weighted by Crippen LogP contribution is 2.24. The number of hydroxylamine groups is 2. The number of hydrogen-bond acceptors (Lipinski definition) is 7. The summed E-state index contributed by atoms with van der Waals surface area (Å²) >= 11 is 0. The van der Waals surface area contributed by atoms with Gasteiger partial charge >= 0.3 is 0 Å². The quantitative estimate of drug-likeness (QED) is 0.327. The van der Waals surface area contributed by atoms with Crippen LogP contribution in [0.2, 0.25) is 0 Å². The Bertz CT molecular complexity index is 575. The van der Waals surface area contributed by atoms with E-state index in [0.29, 0.717) is 23.2 Å². The summed E-state index contributed by atoms with van der Waals surface area (Å²) in [5, 5.41) is 18.0. The number of nitrogens with zero attached hydrogens (tertiary/aromatic N) is 5. The third-order valence-electron chi connectivity index (χ3n) is 3.23. The lowest BCUT2D eigenvalue weighted by Crippen LogP contribution is -2.24. The summed E-state index contributed by atoms with van der Waals surface area (Å²) in [6.45, 7) is 2.22. The Kier molecular flexibility index (Phi) is 5.96. The predicted molar refractivity (Wildman–Crippen MR) is 76.8 cm³/mol. The molecule has 0 unspecified atom stereocenters. The summed E-state index contributed by atoms with van der Waals surface area (Å²) in [6, 6.07) is 1.70. The average molecular weight is 305 g/mol. The molecule has 8 heteroatoms. The van der Waals surface area contributed by atoms with E-state index < -0.39 is 0 Å². The molecule has 2 heterocycles. The lowest BCUT2D eigenvalue weighted by molar-refractivity contribution is -0.151. The maximum atomic E-state index is 10.6. The summed E-state index contributed by atoms with van der Waals surface area (Å²) in [4.78, 5) is 18.7. The van der Waals surface area contributed by atoms with Crippen LogP contribution in [-0.4, -0.2) is 43.4 Å². The van der Waals surface area contributed by atoms with Crippen molar-refractivity contribution in [1.82, 2.24) is 25.2 Å². The van der Waals surface area contributed by atoms with Gasteiger partial charge in [-0.15, -0.1) is 10.2 Å². The summed E-state index contributed by atoms with van der Waals surface area (Å²) < 4.78 is 5.61. The molecular formula is C14H19N5O3. The molecule has 1 atom stereocenters. The van der Waals surface area contributed by atoms with E-state index in [2.05, 4.69) is 27.1 Å². The molecule has 0 aliphatic heterocycles. The van der Waals surface area contributed by atoms with Crippen LogP contribution in [0, 0.1) is 0 Å². The molecule has 1 amide bonds. The third-order valence-corrected chi connectivity index (χ3v) is 3.23. The van der Waals surface area contributed by atoms with Crippen molar-refractivity contribution in [2.45, 2.75) is 38.5 Å². The molecule has 0 aliphatic rings. The van der Waals surface area contributed by atoms with Gasteiger partial charge in [-0.25, -0.2) is 15.0 Å². The van der Waals surface area contributed by atoms with Gasteiger partial charge in [0.25, 0.3) is 5.89 Å². The third kappa shape index (κ3) is 4.32. The number of aromatic nitrogens is 4. The van der Waals surface area contributed by atoms with E-state index in [-0.39, 0.29) is 18.4 Å². The van der Waals surface area contributed by atoms with Gasteiger partial charge in [0.15, 0.2) is 0 Å². The molecule has 2 rings (SSSR count). The van der Waals surface area contributed by atoms with Gasteiger partial charge in [0.2, 0.25) is 18.1 Å². The second kappa shape index (κ2) is 8.18. The summed E-state index contributed by atoms with van der Waals surface area (Å²) in [5.41, 5.74) is 0. The zero-order valence-corrected chi connectivity index (χ0v) is 12.4. The Morgan fingerprint density at radius 3 is 2.77 bits per heavy atom. The van der Waals surface area contributed by atoms with Crippen LogP contribution in [0.3, 0.4) is 0 Å². The molecule has 0 saturated heterocycles. The van der Waals surface area contributed by atoms with E-state index in [4.69, 9.17) is 4.42 Å². The van der Waals surface area contributed by atoms with E-state index in [1.54, 1.807) is 18.5 Å². The van der Waals surface area contributed by atoms with Crippen LogP contribution in [0.4, 0.5) is 0 Å². The van der Waals surface area contributed by atoms with Gasteiger partial charge in [0.05, 0.1) is 12.5 Å². The first-order valence-electron chi connectivity index (χ1n) is 7.26. The van der Waals surface area contributed by atoms with Crippen molar-refractivity contribution in [3.63, 3.8) is 0 Å². The number of carbonyl (C=O) groups is 1. The average Bonchev–Trinajstić information content (AvgIpc) is 3.04. The fraction of sp³-hybridized carbons (Fsp3) is 0.500. The van der Waals surface area contributed by atoms with Crippen molar-refractivity contribution >= 4 is 6.41 Å². The van der Waals surface area contributed by atoms with Crippen LogP contribution in [-0.2, 0) is 4.79 Å². The highest BCUT2D eigenvalue weighted by atomic mass is 16.5. The van der Waals surface area contributed by atoms with Gasteiger partial charge in [0, 0.05) is 12.4 Å². The minimum atomic E-state index is -0.216. The first kappa shape index (κ1) is 16.0. The zero-order valence-electron chi connectivity index (χ0n) is 12.4. The number of amides is 1. The number of rotatable bonds is 9. The van der Waals surface area contributed by atoms with Crippen LogP contribution in [0.1, 0.15) is 44.4 Å². The Morgan fingerprint density at radius 2 is 2.09 bits per heavy atom. The molecule has 0 saturated carbocycles. The van der Waals surface area contributed by atoms with E-state index in [0.717, 1.165) is 25.7 Å². The molecule has 0 bridgehead atoms. The lowest BCUT2D eigenvalue weighted by Gasteiger charge is -2.16. The first-order valence-corrected chi connectivity index (χ1v) is 7.26. The van der Waals surface area contributed by atoms with Gasteiger partial charge in [0.1, 0.15) is 0 Å². The summed E-state index contributed by atoms with van der Waals surface area (Å²) in [7, 11) is 0. The largest absolute Gasteiger partial charge is 0.418 e. The Hall–Kier alpha value is -2.35. The number of hydrogen-bond donors (Lipinski definition) is 1. The predicted octanol–water partition coefficient (Wildman–Crippen LogP) is 2.04. The van der Waals surface area contributed by atoms with Crippen molar-refractivity contribution < 1.29 is 14.4 Å². The van der Waals surface area contributed by atoms with Gasteiger partial charge in [-0.1, -0.05) is 26.2 Å². The van der Waals surface area contributed by atoms with E-state index in [9.17, 15) is 10.0 Å². The molecular weight excluding hydrogens is 286 g/mol. The maximum absolute atomic E-state index is 10.6. The zero-order chi connectivity index (χ0) is 15.8. The lowest BCUT2D eigenvalue weighted by atomic mass is 10.0. The Labute approximate surface area is 128 Å². The van der Waals surface area contributed by atoms with Crippen LogP contribution < -0.4 is 0 Å². The molecule has 2 aromatic rings. The molecule has 0 fully saturated rings. The molecule has 8 nitrogen and oxygen atoms in total. The monoisotopic (exact) mass is 305 g/mol. The molecule has 0 aromatic carbocycles. The van der Waals surface area contributed by atoms with E-state index >= 15 is 0 Å².